The second kappa shape index (κ2) is 7.12. The first-order valence-corrected chi connectivity index (χ1v) is 6.75. The Hall–Kier alpha value is -1.78. The molecule has 0 unspecified atom stereocenters. The molecular formula is C16H22N2O2. The number of rotatable bonds is 7. The van der Waals surface area contributed by atoms with Gasteiger partial charge in [0, 0.05) is 24.2 Å². The van der Waals surface area contributed by atoms with Crippen LogP contribution in [0.1, 0.15) is 16.9 Å². The fourth-order valence-corrected chi connectivity index (χ4v) is 2.29. The first-order chi connectivity index (χ1) is 9.74. The van der Waals surface area contributed by atoms with Gasteiger partial charge in [-0.1, -0.05) is 18.2 Å². The highest BCUT2D eigenvalue weighted by Crippen LogP contribution is 2.20. The van der Waals surface area contributed by atoms with Gasteiger partial charge >= 0.3 is 0 Å². The number of benzene rings is 1. The Bertz CT molecular complexity index is 537. The number of hydrogen-bond acceptors (Lipinski definition) is 4. The molecule has 4 heteroatoms. The minimum Gasteiger partial charge on any atom is -0.496 e. The predicted octanol–water partition coefficient (Wildman–Crippen LogP) is 2.64. The predicted molar refractivity (Wildman–Crippen MR) is 79.6 cm³/mol. The average Bonchev–Trinajstić information content (AvgIpc) is 2.87. The van der Waals surface area contributed by atoms with E-state index in [9.17, 15) is 0 Å². The molecule has 0 aliphatic heterocycles. The van der Waals surface area contributed by atoms with Crippen LogP contribution in [0.3, 0.4) is 0 Å². The van der Waals surface area contributed by atoms with Crippen molar-refractivity contribution < 1.29 is 9.15 Å². The van der Waals surface area contributed by atoms with Gasteiger partial charge in [0.15, 0.2) is 0 Å². The van der Waals surface area contributed by atoms with Crippen molar-refractivity contribution in [1.82, 2.24) is 10.2 Å². The van der Waals surface area contributed by atoms with Gasteiger partial charge in [-0.15, -0.1) is 0 Å². The van der Waals surface area contributed by atoms with Gasteiger partial charge in [-0.05, 0) is 26.2 Å². The number of nitrogens with zero attached hydrogens (tertiary/aromatic N) is 1. The number of methoxy groups -OCH3 is 1. The third-order valence-corrected chi connectivity index (χ3v) is 3.25. The van der Waals surface area contributed by atoms with Crippen LogP contribution in [-0.4, -0.2) is 26.1 Å². The fourth-order valence-electron chi connectivity index (χ4n) is 2.29. The molecular weight excluding hydrogens is 252 g/mol. The molecule has 0 saturated heterocycles. The van der Waals surface area contributed by atoms with Gasteiger partial charge in [0.25, 0.3) is 0 Å². The highest BCUT2D eigenvalue weighted by atomic mass is 16.5. The van der Waals surface area contributed by atoms with E-state index in [1.54, 1.807) is 13.4 Å². The molecule has 20 heavy (non-hydrogen) atoms. The Labute approximate surface area is 120 Å². The van der Waals surface area contributed by atoms with Crippen molar-refractivity contribution in [3.8, 4) is 5.75 Å². The van der Waals surface area contributed by atoms with Gasteiger partial charge in [-0.2, -0.15) is 0 Å². The number of para-hydroxylation sites is 1. The molecule has 0 aliphatic carbocycles. The second-order valence-electron chi connectivity index (χ2n) is 4.88. The molecule has 108 valence electrons. The summed E-state index contributed by atoms with van der Waals surface area (Å²) < 4.78 is 10.9. The molecule has 2 aromatic rings. The number of hydrogen-bond donors (Lipinski definition) is 1. The molecule has 0 fully saturated rings. The van der Waals surface area contributed by atoms with E-state index in [0.717, 1.165) is 31.1 Å². The van der Waals surface area contributed by atoms with E-state index in [2.05, 4.69) is 23.3 Å². The normalized spacial score (nSPS) is 11.0. The summed E-state index contributed by atoms with van der Waals surface area (Å²) in [5, 5.41) is 3.12. The molecule has 0 amide bonds. The monoisotopic (exact) mass is 274 g/mol. The summed E-state index contributed by atoms with van der Waals surface area (Å²) >= 11 is 0. The van der Waals surface area contributed by atoms with Gasteiger partial charge in [0.2, 0.25) is 0 Å². The van der Waals surface area contributed by atoms with Crippen LogP contribution < -0.4 is 10.1 Å². The van der Waals surface area contributed by atoms with Crippen LogP contribution in [0.25, 0.3) is 0 Å². The third-order valence-electron chi connectivity index (χ3n) is 3.25. The van der Waals surface area contributed by atoms with E-state index in [-0.39, 0.29) is 0 Å². The Morgan fingerprint density at radius 1 is 1.15 bits per heavy atom. The van der Waals surface area contributed by atoms with E-state index in [1.165, 1.54) is 11.1 Å². The lowest BCUT2D eigenvalue weighted by Crippen LogP contribution is -2.18. The maximum Gasteiger partial charge on any atom is 0.123 e. The van der Waals surface area contributed by atoms with E-state index in [1.807, 2.05) is 31.3 Å². The lowest BCUT2D eigenvalue weighted by atomic mass is 10.1. The largest absolute Gasteiger partial charge is 0.496 e. The number of ether oxygens (including phenoxy) is 1. The number of furan rings is 1. The van der Waals surface area contributed by atoms with Gasteiger partial charge in [-0.25, -0.2) is 0 Å². The van der Waals surface area contributed by atoms with Gasteiger partial charge in [-0.3, -0.25) is 4.90 Å². The summed E-state index contributed by atoms with van der Waals surface area (Å²) in [6.45, 7) is 2.45. The van der Waals surface area contributed by atoms with Crippen molar-refractivity contribution in [2.75, 3.05) is 21.2 Å². The third kappa shape index (κ3) is 3.62. The van der Waals surface area contributed by atoms with Crippen LogP contribution in [0.5, 0.6) is 5.75 Å². The van der Waals surface area contributed by atoms with Crippen LogP contribution in [0, 0.1) is 0 Å². The fraction of sp³-hybridized carbons (Fsp3) is 0.375. The highest BCUT2D eigenvalue weighted by Gasteiger charge is 2.10. The van der Waals surface area contributed by atoms with Crippen molar-refractivity contribution >= 4 is 0 Å². The van der Waals surface area contributed by atoms with E-state index in [0.29, 0.717) is 0 Å². The minimum absolute atomic E-state index is 0.755. The zero-order valence-corrected chi connectivity index (χ0v) is 12.3. The lowest BCUT2D eigenvalue weighted by molar-refractivity contribution is 0.306. The molecule has 1 N–H and O–H groups in total. The Kier molecular flexibility index (Phi) is 5.21. The smallest absolute Gasteiger partial charge is 0.123 e. The summed E-state index contributed by atoms with van der Waals surface area (Å²) in [6, 6.07) is 10.2. The van der Waals surface area contributed by atoms with Crippen LogP contribution in [-0.2, 0) is 19.6 Å². The van der Waals surface area contributed by atoms with Crippen molar-refractivity contribution in [1.29, 1.82) is 0 Å². The van der Waals surface area contributed by atoms with Gasteiger partial charge in [0.1, 0.15) is 11.5 Å². The summed E-state index contributed by atoms with van der Waals surface area (Å²) in [6.07, 6.45) is 1.75. The standard InChI is InChI=1S/C16H22N2O2/c1-17-10-16-14(8-9-20-16)12-18(2)11-13-6-4-5-7-15(13)19-3/h4-9,17H,10-12H2,1-3H3. The zero-order valence-electron chi connectivity index (χ0n) is 12.3. The molecule has 0 radical (unpaired) electrons. The summed E-state index contributed by atoms with van der Waals surface area (Å²) in [5.41, 5.74) is 2.41. The first-order valence-electron chi connectivity index (χ1n) is 6.75. The summed E-state index contributed by atoms with van der Waals surface area (Å²) in [5.74, 6) is 1.93. The maximum atomic E-state index is 5.49. The SMILES string of the molecule is CNCc1occc1CN(C)Cc1ccccc1OC. The zero-order chi connectivity index (χ0) is 14.4. The Morgan fingerprint density at radius 3 is 2.65 bits per heavy atom. The molecule has 1 aromatic carbocycles. The lowest BCUT2D eigenvalue weighted by Gasteiger charge is -2.18. The number of nitrogens with one attached hydrogen (secondary N) is 1. The molecule has 0 atom stereocenters. The summed E-state index contributed by atoms with van der Waals surface area (Å²) in [4.78, 5) is 2.25. The van der Waals surface area contributed by atoms with Crippen molar-refractivity contribution in [3.63, 3.8) is 0 Å². The summed E-state index contributed by atoms with van der Waals surface area (Å²) in [7, 11) is 5.73. The molecule has 0 saturated carbocycles. The van der Waals surface area contributed by atoms with Crippen molar-refractivity contribution in [2.45, 2.75) is 19.6 Å². The van der Waals surface area contributed by atoms with E-state index < -0.39 is 0 Å². The molecule has 0 bridgehead atoms. The minimum atomic E-state index is 0.755. The van der Waals surface area contributed by atoms with Crippen LogP contribution in [0.15, 0.2) is 41.0 Å². The Balaban J connectivity index is 2.01. The Morgan fingerprint density at radius 2 is 1.90 bits per heavy atom. The van der Waals surface area contributed by atoms with Crippen molar-refractivity contribution in [2.24, 2.45) is 0 Å². The topological polar surface area (TPSA) is 37.6 Å². The molecule has 1 heterocycles. The molecule has 1 aromatic heterocycles. The quantitative estimate of drug-likeness (QED) is 0.842. The maximum absolute atomic E-state index is 5.49. The molecule has 0 aliphatic rings. The van der Waals surface area contributed by atoms with E-state index in [4.69, 9.17) is 9.15 Å². The highest BCUT2D eigenvalue weighted by molar-refractivity contribution is 5.33. The van der Waals surface area contributed by atoms with Gasteiger partial charge in [0.05, 0.1) is 19.9 Å². The average molecular weight is 274 g/mol. The molecule has 4 nitrogen and oxygen atoms in total. The molecule has 0 spiro atoms. The van der Waals surface area contributed by atoms with E-state index >= 15 is 0 Å². The first kappa shape index (κ1) is 14.6. The van der Waals surface area contributed by atoms with Crippen molar-refractivity contribution in [3.05, 3.63) is 53.5 Å². The van der Waals surface area contributed by atoms with Crippen LogP contribution >= 0.6 is 0 Å². The molecule has 2 rings (SSSR count). The van der Waals surface area contributed by atoms with Crippen LogP contribution in [0.4, 0.5) is 0 Å². The second-order valence-corrected chi connectivity index (χ2v) is 4.88. The van der Waals surface area contributed by atoms with Crippen LogP contribution in [0.2, 0.25) is 0 Å². The van der Waals surface area contributed by atoms with Gasteiger partial charge < -0.3 is 14.5 Å².